The number of anilines is 2. The molecule has 0 aliphatic carbocycles. The first-order chi connectivity index (χ1) is 10.9. The number of aliphatic imine (C=N–C) groups is 1. The molecule has 1 fully saturated rings. The maximum Gasteiger partial charge on any atom is 0.138 e. The maximum absolute atomic E-state index is 5.00. The molecule has 0 atom stereocenters. The first-order valence-corrected chi connectivity index (χ1v) is 7.92. The first kappa shape index (κ1) is 13.3. The van der Waals surface area contributed by atoms with E-state index in [0.717, 1.165) is 55.5 Å². The Morgan fingerprint density at radius 3 is 2.64 bits per heavy atom. The summed E-state index contributed by atoms with van der Waals surface area (Å²) in [6, 6.07) is 16.7. The molecule has 4 rings (SSSR count). The van der Waals surface area contributed by atoms with Gasteiger partial charge in [-0.15, -0.1) is 0 Å². The molecule has 2 aliphatic heterocycles. The molecule has 0 aromatic heterocycles. The van der Waals surface area contributed by atoms with E-state index in [1.807, 2.05) is 12.1 Å². The molecule has 112 valence electrons. The van der Waals surface area contributed by atoms with Crippen LogP contribution in [0, 0.1) is 0 Å². The largest absolute Gasteiger partial charge is 0.355 e. The zero-order chi connectivity index (χ0) is 14.8. The Hall–Kier alpha value is -2.33. The van der Waals surface area contributed by atoms with Crippen molar-refractivity contribution in [2.24, 2.45) is 4.99 Å². The fourth-order valence-electron chi connectivity index (χ4n) is 3.08. The van der Waals surface area contributed by atoms with E-state index in [-0.39, 0.29) is 0 Å². The third-order valence-electron chi connectivity index (χ3n) is 4.21. The molecule has 4 nitrogen and oxygen atoms in total. The second-order valence-corrected chi connectivity index (χ2v) is 5.71. The molecule has 2 aliphatic rings. The van der Waals surface area contributed by atoms with Gasteiger partial charge in [0.1, 0.15) is 5.84 Å². The van der Waals surface area contributed by atoms with E-state index < -0.39 is 0 Å². The van der Waals surface area contributed by atoms with Crippen molar-refractivity contribution < 1.29 is 0 Å². The summed E-state index contributed by atoms with van der Waals surface area (Å²) in [6.45, 7) is 4.13. The normalized spacial score (nSPS) is 17.5. The lowest BCUT2D eigenvalue weighted by molar-refractivity contribution is 0.447. The second kappa shape index (κ2) is 5.81. The average Bonchev–Trinajstić information content (AvgIpc) is 2.91. The van der Waals surface area contributed by atoms with Crippen LogP contribution in [0.4, 0.5) is 17.1 Å². The summed E-state index contributed by atoms with van der Waals surface area (Å²) in [5, 5.41) is 6.99. The minimum Gasteiger partial charge on any atom is -0.355 e. The summed E-state index contributed by atoms with van der Waals surface area (Å²) in [4.78, 5) is 7.40. The number of hydrogen-bond donors (Lipinski definition) is 2. The molecule has 0 amide bonds. The van der Waals surface area contributed by atoms with Crippen molar-refractivity contribution in [3.8, 4) is 0 Å². The Kier molecular flexibility index (Phi) is 3.52. The fraction of sp³-hybridized carbons (Fsp3) is 0.278. The lowest BCUT2D eigenvalue weighted by atomic mass is 10.1. The van der Waals surface area contributed by atoms with Crippen molar-refractivity contribution in [3.63, 3.8) is 0 Å². The van der Waals surface area contributed by atoms with Gasteiger partial charge in [0.2, 0.25) is 0 Å². The van der Waals surface area contributed by atoms with Crippen LogP contribution in [0.5, 0.6) is 0 Å². The number of amidine groups is 1. The molecule has 0 unspecified atom stereocenters. The van der Waals surface area contributed by atoms with E-state index in [4.69, 9.17) is 4.99 Å². The van der Waals surface area contributed by atoms with E-state index >= 15 is 0 Å². The Balaban J connectivity index is 1.84. The van der Waals surface area contributed by atoms with Crippen LogP contribution in [0.3, 0.4) is 0 Å². The lowest BCUT2D eigenvalue weighted by Crippen LogP contribution is -2.34. The molecule has 0 saturated carbocycles. The molecule has 0 radical (unpaired) electrons. The maximum atomic E-state index is 5.00. The molecule has 22 heavy (non-hydrogen) atoms. The SMILES string of the molecule is c1ccc2c(c1)N=C(N1CCCNCC1)c1ccccc1N2. The number of fused-ring (bicyclic) bond motifs is 2. The minimum atomic E-state index is 0.995. The van der Waals surface area contributed by atoms with Crippen LogP contribution in [0.2, 0.25) is 0 Å². The van der Waals surface area contributed by atoms with E-state index in [2.05, 4.69) is 51.9 Å². The summed E-state index contributed by atoms with van der Waals surface area (Å²) in [5.41, 5.74) is 4.38. The first-order valence-electron chi connectivity index (χ1n) is 7.92. The van der Waals surface area contributed by atoms with Crippen LogP contribution in [0.25, 0.3) is 0 Å². The standard InChI is InChI=1S/C18H20N4/c1-2-7-15-14(6-1)18(22-12-5-10-19-11-13-22)21-17-9-4-3-8-16(17)20-15/h1-4,6-9,19-20H,5,10-13H2. The van der Waals surface area contributed by atoms with Crippen molar-refractivity contribution in [2.75, 3.05) is 31.5 Å². The number of nitrogens with zero attached hydrogens (tertiary/aromatic N) is 2. The quantitative estimate of drug-likeness (QED) is 0.783. The highest BCUT2D eigenvalue weighted by atomic mass is 15.2. The topological polar surface area (TPSA) is 39.7 Å². The summed E-state index contributed by atoms with van der Waals surface area (Å²) in [6.07, 6.45) is 1.15. The summed E-state index contributed by atoms with van der Waals surface area (Å²) in [5.74, 6) is 1.08. The summed E-state index contributed by atoms with van der Waals surface area (Å²) >= 11 is 0. The number of rotatable bonds is 0. The van der Waals surface area contributed by atoms with Crippen LogP contribution < -0.4 is 10.6 Å². The van der Waals surface area contributed by atoms with E-state index in [0.29, 0.717) is 0 Å². The monoisotopic (exact) mass is 292 g/mol. The number of para-hydroxylation sites is 3. The molecular formula is C18H20N4. The van der Waals surface area contributed by atoms with Gasteiger partial charge >= 0.3 is 0 Å². The van der Waals surface area contributed by atoms with Gasteiger partial charge in [-0.25, -0.2) is 4.99 Å². The predicted octanol–water partition coefficient (Wildman–Crippen LogP) is 3.12. The third kappa shape index (κ3) is 2.46. The Labute approximate surface area is 130 Å². The molecule has 2 N–H and O–H groups in total. The zero-order valence-electron chi connectivity index (χ0n) is 12.5. The van der Waals surface area contributed by atoms with E-state index in [9.17, 15) is 0 Å². The van der Waals surface area contributed by atoms with Crippen molar-refractivity contribution in [1.29, 1.82) is 0 Å². The van der Waals surface area contributed by atoms with Crippen LogP contribution in [0.15, 0.2) is 53.5 Å². The number of hydrogen-bond acceptors (Lipinski definition) is 4. The highest BCUT2D eigenvalue weighted by Gasteiger charge is 2.21. The number of nitrogens with one attached hydrogen (secondary N) is 2. The van der Waals surface area contributed by atoms with Gasteiger partial charge in [-0.3, -0.25) is 0 Å². The Morgan fingerprint density at radius 1 is 0.864 bits per heavy atom. The van der Waals surface area contributed by atoms with Crippen molar-refractivity contribution in [3.05, 3.63) is 54.1 Å². The second-order valence-electron chi connectivity index (χ2n) is 5.71. The van der Waals surface area contributed by atoms with Gasteiger partial charge in [0, 0.05) is 30.9 Å². The number of benzene rings is 2. The zero-order valence-corrected chi connectivity index (χ0v) is 12.5. The summed E-state index contributed by atoms with van der Waals surface area (Å²) < 4.78 is 0. The molecule has 2 aromatic rings. The van der Waals surface area contributed by atoms with E-state index in [1.165, 1.54) is 5.56 Å². The molecule has 0 spiro atoms. The Bertz CT molecular complexity index is 700. The fourth-order valence-corrected chi connectivity index (χ4v) is 3.08. The molecular weight excluding hydrogens is 272 g/mol. The van der Waals surface area contributed by atoms with Crippen LogP contribution in [-0.4, -0.2) is 36.9 Å². The van der Waals surface area contributed by atoms with Gasteiger partial charge in [-0.05, 0) is 37.2 Å². The third-order valence-corrected chi connectivity index (χ3v) is 4.21. The van der Waals surface area contributed by atoms with Gasteiger partial charge in [0.25, 0.3) is 0 Å². The van der Waals surface area contributed by atoms with Gasteiger partial charge in [0.05, 0.1) is 11.4 Å². The molecule has 1 saturated heterocycles. The van der Waals surface area contributed by atoms with Gasteiger partial charge in [-0.2, -0.15) is 0 Å². The molecule has 2 heterocycles. The Morgan fingerprint density at radius 2 is 1.68 bits per heavy atom. The van der Waals surface area contributed by atoms with Crippen molar-refractivity contribution in [2.45, 2.75) is 6.42 Å². The summed E-state index contributed by atoms with van der Waals surface area (Å²) in [7, 11) is 0. The lowest BCUT2D eigenvalue weighted by Gasteiger charge is -2.24. The molecule has 0 bridgehead atoms. The highest BCUT2D eigenvalue weighted by molar-refractivity contribution is 6.07. The van der Waals surface area contributed by atoms with Crippen LogP contribution in [0.1, 0.15) is 12.0 Å². The van der Waals surface area contributed by atoms with E-state index in [1.54, 1.807) is 0 Å². The average molecular weight is 292 g/mol. The van der Waals surface area contributed by atoms with Crippen LogP contribution in [-0.2, 0) is 0 Å². The molecule has 4 heteroatoms. The van der Waals surface area contributed by atoms with Gasteiger partial charge in [-0.1, -0.05) is 24.3 Å². The molecule has 2 aromatic carbocycles. The van der Waals surface area contributed by atoms with Gasteiger partial charge in [0.15, 0.2) is 0 Å². The van der Waals surface area contributed by atoms with Crippen LogP contribution >= 0.6 is 0 Å². The highest BCUT2D eigenvalue weighted by Crippen LogP contribution is 2.34. The van der Waals surface area contributed by atoms with Crippen molar-refractivity contribution in [1.82, 2.24) is 10.2 Å². The minimum absolute atomic E-state index is 0.995. The van der Waals surface area contributed by atoms with Gasteiger partial charge < -0.3 is 15.5 Å². The smallest absolute Gasteiger partial charge is 0.138 e. The van der Waals surface area contributed by atoms with Crippen molar-refractivity contribution >= 4 is 22.9 Å². The predicted molar refractivity (Wildman–Crippen MR) is 91.4 cm³/mol.